The van der Waals surface area contributed by atoms with Crippen molar-refractivity contribution < 1.29 is 19.0 Å². The summed E-state index contributed by atoms with van der Waals surface area (Å²) in [7, 11) is 4.83. The molecule has 0 saturated carbocycles. The zero-order chi connectivity index (χ0) is 18.1. The first-order valence-corrected chi connectivity index (χ1v) is 8.08. The highest BCUT2D eigenvalue weighted by Crippen LogP contribution is 2.15. The minimum atomic E-state index is -0.594. The van der Waals surface area contributed by atoms with Gasteiger partial charge in [0.05, 0.1) is 13.7 Å². The highest BCUT2D eigenvalue weighted by Gasteiger charge is 2.18. The number of carbonyl (C=O) groups excluding carboxylic acids is 1. The monoisotopic (exact) mass is 344 g/mol. The highest BCUT2D eigenvalue weighted by atomic mass is 16.6. The Morgan fingerprint density at radius 2 is 1.92 bits per heavy atom. The van der Waals surface area contributed by atoms with Crippen LogP contribution in [-0.4, -0.2) is 51.5 Å². The predicted octanol–water partition coefficient (Wildman–Crippen LogP) is 2.33. The SMILES string of the molecule is COC(=O)C(Cc1ccc(OCCN(C)c2ccccn2)cc1)OC. The quantitative estimate of drug-likeness (QED) is 0.651. The molecule has 0 amide bonds. The average Bonchev–Trinajstić information content (AvgIpc) is 2.67. The van der Waals surface area contributed by atoms with E-state index in [0.717, 1.165) is 23.7 Å². The fourth-order valence-electron chi connectivity index (χ4n) is 2.32. The largest absolute Gasteiger partial charge is 0.492 e. The predicted molar refractivity (Wildman–Crippen MR) is 96.0 cm³/mol. The zero-order valence-corrected chi connectivity index (χ0v) is 14.8. The van der Waals surface area contributed by atoms with Crippen LogP contribution in [0, 0.1) is 0 Å². The van der Waals surface area contributed by atoms with Crippen LogP contribution in [-0.2, 0) is 20.7 Å². The molecule has 0 aliphatic heterocycles. The van der Waals surface area contributed by atoms with E-state index in [1.807, 2.05) is 54.4 Å². The fourth-order valence-corrected chi connectivity index (χ4v) is 2.32. The zero-order valence-electron chi connectivity index (χ0n) is 14.8. The van der Waals surface area contributed by atoms with E-state index in [2.05, 4.69) is 4.98 Å². The molecule has 0 aliphatic rings. The molecule has 1 atom stereocenters. The average molecular weight is 344 g/mol. The Morgan fingerprint density at radius 3 is 2.52 bits per heavy atom. The Morgan fingerprint density at radius 1 is 1.16 bits per heavy atom. The van der Waals surface area contributed by atoms with Crippen molar-refractivity contribution in [2.24, 2.45) is 0 Å². The van der Waals surface area contributed by atoms with Crippen LogP contribution in [0.5, 0.6) is 5.75 Å². The first-order valence-electron chi connectivity index (χ1n) is 8.08. The standard InChI is InChI=1S/C19H24N2O4/c1-21(18-6-4-5-11-20-18)12-13-25-16-9-7-15(8-10-16)14-17(23-2)19(22)24-3/h4-11,17H,12-14H2,1-3H3. The van der Waals surface area contributed by atoms with Crippen LogP contribution in [0.4, 0.5) is 5.82 Å². The van der Waals surface area contributed by atoms with Crippen LogP contribution in [0.2, 0.25) is 0 Å². The molecule has 0 saturated heterocycles. The Labute approximate surface area is 148 Å². The molecule has 0 fully saturated rings. The maximum atomic E-state index is 11.6. The lowest BCUT2D eigenvalue weighted by Gasteiger charge is -2.18. The summed E-state index contributed by atoms with van der Waals surface area (Å²) in [6.45, 7) is 1.28. The van der Waals surface area contributed by atoms with Gasteiger partial charge >= 0.3 is 5.97 Å². The summed E-state index contributed by atoms with van der Waals surface area (Å²) in [5.41, 5.74) is 0.982. The molecule has 2 aromatic rings. The van der Waals surface area contributed by atoms with Gasteiger partial charge in [0.15, 0.2) is 6.10 Å². The molecule has 6 nitrogen and oxygen atoms in total. The van der Waals surface area contributed by atoms with Crippen molar-refractivity contribution in [2.75, 3.05) is 39.3 Å². The lowest BCUT2D eigenvalue weighted by atomic mass is 10.1. The third-order valence-corrected chi connectivity index (χ3v) is 3.83. The Bertz CT molecular complexity index is 646. The number of benzene rings is 1. The van der Waals surface area contributed by atoms with E-state index in [9.17, 15) is 4.79 Å². The Balaban J connectivity index is 1.81. The van der Waals surface area contributed by atoms with Crippen molar-refractivity contribution in [1.82, 2.24) is 4.98 Å². The topological polar surface area (TPSA) is 60.9 Å². The molecule has 1 aromatic heterocycles. The van der Waals surface area contributed by atoms with Crippen LogP contribution >= 0.6 is 0 Å². The van der Waals surface area contributed by atoms with Crippen LogP contribution in [0.1, 0.15) is 5.56 Å². The van der Waals surface area contributed by atoms with Gasteiger partial charge in [-0.3, -0.25) is 0 Å². The van der Waals surface area contributed by atoms with Crippen molar-refractivity contribution in [3.8, 4) is 5.75 Å². The molecule has 0 N–H and O–H groups in total. The third-order valence-electron chi connectivity index (χ3n) is 3.83. The number of likely N-dealkylation sites (N-methyl/N-ethyl adjacent to an activating group) is 1. The number of carbonyl (C=O) groups is 1. The van der Waals surface area contributed by atoms with E-state index in [1.165, 1.54) is 14.2 Å². The smallest absolute Gasteiger partial charge is 0.335 e. The van der Waals surface area contributed by atoms with Gasteiger partial charge in [0, 0.05) is 26.8 Å². The van der Waals surface area contributed by atoms with Crippen molar-refractivity contribution >= 4 is 11.8 Å². The summed E-state index contributed by atoms with van der Waals surface area (Å²) in [5, 5.41) is 0. The van der Waals surface area contributed by atoms with Gasteiger partial charge in [-0.15, -0.1) is 0 Å². The highest BCUT2D eigenvalue weighted by molar-refractivity contribution is 5.74. The van der Waals surface area contributed by atoms with Crippen molar-refractivity contribution in [3.05, 3.63) is 54.2 Å². The number of rotatable bonds is 9. The molecule has 1 heterocycles. The van der Waals surface area contributed by atoms with E-state index in [4.69, 9.17) is 14.2 Å². The van der Waals surface area contributed by atoms with Crippen molar-refractivity contribution in [3.63, 3.8) is 0 Å². The molecule has 1 aromatic carbocycles. The number of ether oxygens (including phenoxy) is 3. The molecule has 0 spiro atoms. The lowest BCUT2D eigenvalue weighted by Crippen LogP contribution is -2.26. The maximum absolute atomic E-state index is 11.6. The molecule has 2 rings (SSSR count). The van der Waals surface area contributed by atoms with Crippen LogP contribution < -0.4 is 9.64 Å². The molecule has 0 radical (unpaired) electrons. The second kappa shape index (κ2) is 9.64. The van der Waals surface area contributed by atoms with Gasteiger partial charge in [0.25, 0.3) is 0 Å². The summed E-state index contributed by atoms with van der Waals surface area (Å²) in [4.78, 5) is 17.9. The van der Waals surface area contributed by atoms with E-state index >= 15 is 0 Å². The summed E-state index contributed by atoms with van der Waals surface area (Å²) in [5.74, 6) is 1.32. The second-order valence-electron chi connectivity index (χ2n) is 5.55. The summed E-state index contributed by atoms with van der Waals surface area (Å²) < 4.78 is 15.6. The molecule has 0 aliphatic carbocycles. The number of methoxy groups -OCH3 is 2. The minimum Gasteiger partial charge on any atom is -0.492 e. The molecule has 134 valence electrons. The van der Waals surface area contributed by atoms with Gasteiger partial charge < -0.3 is 19.1 Å². The molecule has 6 heteroatoms. The maximum Gasteiger partial charge on any atom is 0.335 e. The van der Waals surface area contributed by atoms with Gasteiger partial charge in [0.2, 0.25) is 0 Å². The number of hydrogen-bond donors (Lipinski definition) is 0. The lowest BCUT2D eigenvalue weighted by molar-refractivity contribution is -0.152. The summed E-state index contributed by atoms with van der Waals surface area (Å²) in [6, 6.07) is 13.4. The number of anilines is 1. The third kappa shape index (κ3) is 5.76. The fraction of sp³-hybridized carbons (Fsp3) is 0.368. The van der Waals surface area contributed by atoms with Crippen molar-refractivity contribution in [1.29, 1.82) is 0 Å². The van der Waals surface area contributed by atoms with E-state index in [1.54, 1.807) is 6.20 Å². The Hall–Kier alpha value is -2.60. The number of pyridine rings is 1. The molecule has 1 unspecified atom stereocenters. The minimum absolute atomic E-state index is 0.375. The van der Waals surface area contributed by atoms with E-state index in [0.29, 0.717) is 13.0 Å². The van der Waals surface area contributed by atoms with E-state index in [-0.39, 0.29) is 5.97 Å². The van der Waals surface area contributed by atoms with Crippen LogP contribution in [0.25, 0.3) is 0 Å². The summed E-state index contributed by atoms with van der Waals surface area (Å²) in [6.07, 6.45) is 1.64. The molecular weight excluding hydrogens is 320 g/mol. The molecular formula is C19H24N2O4. The van der Waals surface area contributed by atoms with Gasteiger partial charge in [-0.1, -0.05) is 18.2 Å². The van der Waals surface area contributed by atoms with Gasteiger partial charge in [0.1, 0.15) is 18.2 Å². The second-order valence-corrected chi connectivity index (χ2v) is 5.55. The number of aromatic nitrogens is 1. The number of hydrogen-bond acceptors (Lipinski definition) is 6. The number of nitrogens with zero attached hydrogens (tertiary/aromatic N) is 2. The van der Waals surface area contributed by atoms with Crippen LogP contribution in [0.3, 0.4) is 0 Å². The normalized spacial score (nSPS) is 11.6. The van der Waals surface area contributed by atoms with Crippen LogP contribution in [0.15, 0.2) is 48.7 Å². The number of esters is 1. The summed E-state index contributed by atoms with van der Waals surface area (Å²) >= 11 is 0. The van der Waals surface area contributed by atoms with Gasteiger partial charge in [-0.25, -0.2) is 9.78 Å². The first-order chi connectivity index (χ1) is 12.1. The first kappa shape index (κ1) is 18.7. The molecule has 25 heavy (non-hydrogen) atoms. The van der Waals surface area contributed by atoms with Crippen molar-refractivity contribution in [2.45, 2.75) is 12.5 Å². The van der Waals surface area contributed by atoms with Gasteiger partial charge in [-0.05, 0) is 29.8 Å². The Kier molecular flexibility index (Phi) is 7.22. The van der Waals surface area contributed by atoms with Gasteiger partial charge in [-0.2, -0.15) is 0 Å². The molecule has 0 bridgehead atoms. The van der Waals surface area contributed by atoms with E-state index < -0.39 is 6.10 Å².